The number of fused-ring (bicyclic) bond motifs is 1. The van der Waals surface area contributed by atoms with Crippen molar-refractivity contribution in [2.24, 2.45) is 0 Å². The van der Waals surface area contributed by atoms with Crippen LogP contribution in [0.3, 0.4) is 0 Å². The predicted molar refractivity (Wildman–Crippen MR) is 187 cm³/mol. The molecule has 1 amide bonds. The average molecular weight is 722 g/mol. The van der Waals surface area contributed by atoms with Crippen molar-refractivity contribution >= 4 is 28.6 Å². The zero-order chi connectivity index (χ0) is 36.1. The standard InChI is InChI=1S/C39H36F5N3O3S/c1-50-22-21-45-19-17-30(18-20-45)46(24-26-9-11-27(12-10-26)28-13-15-29(16-14-28)39(42,43)44)36(49)25-47-33-7-3-2-5-31(33)34(48)23-37(47)51-35-8-4-6-32(40)38(35)41/h2-16,23,30H,17-22,24-25H2,1H3. The zero-order valence-electron chi connectivity index (χ0n) is 27.8. The second-order valence-electron chi connectivity index (χ2n) is 12.5. The van der Waals surface area contributed by atoms with E-state index in [0.717, 1.165) is 73.6 Å². The molecule has 2 heterocycles. The summed E-state index contributed by atoms with van der Waals surface area (Å²) in [7, 11) is 1.66. The van der Waals surface area contributed by atoms with E-state index in [2.05, 4.69) is 4.90 Å². The Morgan fingerprint density at radius 1 is 0.902 bits per heavy atom. The average Bonchev–Trinajstić information content (AvgIpc) is 3.13. The maximum absolute atomic E-state index is 14.8. The Bertz CT molecular complexity index is 2040. The molecule has 0 radical (unpaired) electrons. The molecule has 5 aromatic rings. The van der Waals surface area contributed by atoms with E-state index in [9.17, 15) is 31.5 Å². The van der Waals surface area contributed by atoms with Crippen molar-refractivity contribution in [1.29, 1.82) is 0 Å². The van der Waals surface area contributed by atoms with Crippen LogP contribution >= 0.6 is 11.8 Å². The minimum atomic E-state index is -4.42. The number of halogens is 5. The number of hydrogen-bond acceptors (Lipinski definition) is 5. The van der Waals surface area contributed by atoms with Crippen LogP contribution in [0.5, 0.6) is 0 Å². The third-order valence-electron chi connectivity index (χ3n) is 9.19. The van der Waals surface area contributed by atoms with Crippen molar-refractivity contribution in [3.05, 3.63) is 130 Å². The summed E-state index contributed by atoms with van der Waals surface area (Å²) < 4.78 is 75.2. The number of rotatable bonds is 11. The minimum absolute atomic E-state index is 0.0145. The first-order valence-electron chi connectivity index (χ1n) is 16.5. The first-order valence-corrected chi connectivity index (χ1v) is 17.4. The molecule has 1 fully saturated rings. The number of pyridine rings is 1. The molecule has 1 aromatic heterocycles. The monoisotopic (exact) mass is 721 g/mol. The highest BCUT2D eigenvalue weighted by Crippen LogP contribution is 2.33. The Hall–Kier alpha value is -4.52. The summed E-state index contributed by atoms with van der Waals surface area (Å²) in [6, 6.07) is 24.3. The SMILES string of the molecule is COCCN1CCC(N(Cc2ccc(-c3ccc(C(F)(F)F)cc3)cc2)C(=O)Cn2c(Sc3cccc(F)c3F)cc(=O)c3ccccc32)CC1. The summed E-state index contributed by atoms with van der Waals surface area (Å²) in [5.41, 5.74) is 1.68. The lowest BCUT2D eigenvalue weighted by Crippen LogP contribution is -2.48. The normalized spacial score (nSPS) is 14.2. The number of carbonyl (C=O) groups is 1. The number of carbonyl (C=O) groups excluding carboxylic acids is 1. The molecule has 1 aliphatic heterocycles. The molecule has 1 saturated heterocycles. The molecule has 4 aromatic carbocycles. The number of likely N-dealkylation sites (tertiary alicyclic amines) is 1. The molecule has 0 aliphatic carbocycles. The van der Waals surface area contributed by atoms with Gasteiger partial charge in [0, 0.05) is 50.8 Å². The Balaban J connectivity index is 1.31. The minimum Gasteiger partial charge on any atom is -0.383 e. The van der Waals surface area contributed by atoms with Crippen LogP contribution in [0.2, 0.25) is 0 Å². The first kappa shape index (κ1) is 36.3. The van der Waals surface area contributed by atoms with Gasteiger partial charge in [0.2, 0.25) is 5.91 Å². The molecule has 6 nitrogen and oxygen atoms in total. The topological polar surface area (TPSA) is 54.8 Å². The van der Waals surface area contributed by atoms with Crippen LogP contribution in [0.1, 0.15) is 24.0 Å². The van der Waals surface area contributed by atoms with Crippen LogP contribution in [0.25, 0.3) is 22.0 Å². The number of para-hydroxylation sites is 1. The van der Waals surface area contributed by atoms with Crippen molar-refractivity contribution in [1.82, 2.24) is 14.4 Å². The molecule has 0 atom stereocenters. The molecular weight excluding hydrogens is 686 g/mol. The zero-order valence-corrected chi connectivity index (χ0v) is 28.7. The predicted octanol–water partition coefficient (Wildman–Crippen LogP) is 8.26. The van der Waals surface area contributed by atoms with Gasteiger partial charge in [0.1, 0.15) is 6.54 Å². The molecule has 6 rings (SSSR count). The lowest BCUT2D eigenvalue weighted by atomic mass is 10.00. The van der Waals surface area contributed by atoms with Crippen molar-refractivity contribution in [3.63, 3.8) is 0 Å². The molecule has 0 unspecified atom stereocenters. The number of alkyl halides is 3. The van der Waals surface area contributed by atoms with E-state index >= 15 is 0 Å². The van der Waals surface area contributed by atoms with Gasteiger partial charge in [-0.15, -0.1) is 0 Å². The van der Waals surface area contributed by atoms with Crippen molar-refractivity contribution < 1.29 is 31.5 Å². The van der Waals surface area contributed by atoms with Gasteiger partial charge in [-0.05, 0) is 65.9 Å². The maximum Gasteiger partial charge on any atom is 0.416 e. The van der Waals surface area contributed by atoms with Gasteiger partial charge in [-0.3, -0.25) is 9.59 Å². The second kappa shape index (κ2) is 15.8. The molecule has 12 heteroatoms. The van der Waals surface area contributed by atoms with E-state index in [1.165, 1.54) is 30.3 Å². The van der Waals surface area contributed by atoms with Crippen LogP contribution in [0.4, 0.5) is 22.0 Å². The highest BCUT2D eigenvalue weighted by Gasteiger charge is 2.31. The fraction of sp³-hybridized carbons (Fsp3) is 0.282. The Labute approximate surface area is 296 Å². The molecule has 0 N–H and O–H groups in total. The van der Waals surface area contributed by atoms with Crippen molar-refractivity contribution in [3.8, 4) is 11.1 Å². The van der Waals surface area contributed by atoms with Crippen LogP contribution in [0.15, 0.2) is 112 Å². The number of nitrogens with zero attached hydrogens (tertiary/aromatic N) is 3. The molecule has 1 aliphatic rings. The number of piperidine rings is 1. The van der Waals surface area contributed by atoms with Crippen molar-refractivity contribution in [2.75, 3.05) is 33.4 Å². The molecule has 51 heavy (non-hydrogen) atoms. The molecule has 0 spiro atoms. The third-order valence-corrected chi connectivity index (χ3v) is 10.3. The van der Waals surface area contributed by atoms with Gasteiger partial charge in [-0.2, -0.15) is 13.2 Å². The van der Waals surface area contributed by atoms with Crippen LogP contribution in [-0.2, 0) is 28.8 Å². The molecule has 266 valence electrons. The Morgan fingerprint density at radius 3 is 2.24 bits per heavy atom. The van der Waals surface area contributed by atoms with E-state index in [1.807, 2.05) is 29.2 Å². The van der Waals surface area contributed by atoms with Crippen LogP contribution < -0.4 is 5.43 Å². The van der Waals surface area contributed by atoms with E-state index in [4.69, 9.17) is 4.74 Å². The van der Waals surface area contributed by atoms with Gasteiger partial charge in [-0.1, -0.05) is 66.4 Å². The number of benzene rings is 4. The lowest BCUT2D eigenvalue weighted by molar-refractivity contribution is -0.137. The fourth-order valence-corrected chi connectivity index (χ4v) is 7.40. The van der Waals surface area contributed by atoms with Gasteiger partial charge >= 0.3 is 6.18 Å². The van der Waals surface area contributed by atoms with E-state index in [1.54, 1.807) is 35.9 Å². The Morgan fingerprint density at radius 2 is 1.57 bits per heavy atom. The van der Waals surface area contributed by atoms with Gasteiger partial charge in [0.25, 0.3) is 0 Å². The third kappa shape index (κ3) is 8.52. The summed E-state index contributed by atoms with van der Waals surface area (Å²) >= 11 is 0.883. The van der Waals surface area contributed by atoms with Gasteiger partial charge < -0.3 is 19.1 Å². The van der Waals surface area contributed by atoms with Crippen molar-refractivity contribution in [2.45, 2.75) is 48.1 Å². The molecular formula is C39H36F5N3O3S. The number of methoxy groups -OCH3 is 1. The number of aromatic nitrogens is 1. The molecule has 0 saturated carbocycles. The fourth-order valence-electron chi connectivity index (χ4n) is 6.40. The second-order valence-corrected chi connectivity index (χ2v) is 13.5. The van der Waals surface area contributed by atoms with Gasteiger partial charge in [0.15, 0.2) is 17.1 Å². The van der Waals surface area contributed by atoms with Crippen LogP contribution in [-0.4, -0.2) is 59.7 Å². The van der Waals surface area contributed by atoms with E-state index in [-0.39, 0.29) is 35.4 Å². The number of amides is 1. The lowest BCUT2D eigenvalue weighted by Gasteiger charge is -2.39. The quantitative estimate of drug-likeness (QED) is 0.129. The Kier molecular flexibility index (Phi) is 11.2. The highest BCUT2D eigenvalue weighted by molar-refractivity contribution is 7.99. The number of ether oxygens (including phenoxy) is 1. The summed E-state index contributed by atoms with van der Waals surface area (Å²) in [5, 5.41) is 0.693. The van der Waals surface area contributed by atoms with Gasteiger partial charge in [0.05, 0.1) is 27.6 Å². The largest absolute Gasteiger partial charge is 0.416 e. The molecule has 0 bridgehead atoms. The summed E-state index contributed by atoms with van der Waals surface area (Å²) in [6.45, 7) is 3.03. The highest BCUT2D eigenvalue weighted by atomic mass is 32.2. The summed E-state index contributed by atoms with van der Waals surface area (Å²) in [4.78, 5) is 31.7. The summed E-state index contributed by atoms with van der Waals surface area (Å²) in [6.07, 6.45) is -2.98. The maximum atomic E-state index is 14.8. The van der Waals surface area contributed by atoms with E-state index < -0.39 is 23.4 Å². The number of hydrogen-bond donors (Lipinski definition) is 0. The van der Waals surface area contributed by atoms with Gasteiger partial charge in [-0.25, -0.2) is 8.78 Å². The van der Waals surface area contributed by atoms with Crippen LogP contribution in [0, 0.1) is 11.6 Å². The smallest absolute Gasteiger partial charge is 0.383 e. The first-order chi connectivity index (χ1) is 24.5. The van der Waals surface area contributed by atoms with E-state index in [0.29, 0.717) is 28.1 Å². The summed E-state index contributed by atoms with van der Waals surface area (Å²) in [5.74, 6) is -2.27.